The Kier molecular flexibility index (Phi) is 8.42. The zero-order chi connectivity index (χ0) is 19.2. The summed E-state index contributed by atoms with van der Waals surface area (Å²) in [5.41, 5.74) is 0.929. The van der Waals surface area contributed by atoms with E-state index in [9.17, 15) is 0 Å². The summed E-state index contributed by atoms with van der Waals surface area (Å²) in [6, 6.07) is 3.33. The molecule has 2 heterocycles. The van der Waals surface area contributed by atoms with Crippen molar-refractivity contribution >= 4 is 31.5 Å². The van der Waals surface area contributed by atoms with Crippen LogP contribution >= 0.6 is 23.2 Å². The lowest BCUT2D eigenvalue weighted by Crippen LogP contribution is -2.37. The number of halogens is 2. The molecule has 0 aromatic carbocycles. The van der Waals surface area contributed by atoms with E-state index in [1.807, 2.05) is 0 Å². The Morgan fingerprint density at radius 3 is 2.31 bits per heavy atom. The summed E-state index contributed by atoms with van der Waals surface area (Å²) in [5.74, 6) is 0. The van der Waals surface area contributed by atoms with Crippen LogP contribution < -0.4 is 0 Å². The molecule has 1 unspecified atom stereocenters. The molecule has 1 aliphatic rings. The number of aromatic nitrogens is 1. The number of nitrogens with zero attached hydrogens (tertiary/aromatic N) is 1. The van der Waals surface area contributed by atoms with Crippen LogP contribution in [-0.2, 0) is 9.16 Å². The Morgan fingerprint density at radius 1 is 1.19 bits per heavy atom. The summed E-state index contributed by atoms with van der Waals surface area (Å²) in [5, 5.41) is 1.22. The van der Waals surface area contributed by atoms with Gasteiger partial charge in [-0.15, -0.1) is 0 Å². The molecule has 3 nitrogen and oxygen atoms in total. The minimum atomic E-state index is -1.78. The van der Waals surface area contributed by atoms with Crippen molar-refractivity contribution in [3.63, 3.8) is 0 Å². The maximum atomic E-state index is 6.83. The minimum absolute atomic E-state index is 0.0190. The first-order valence-electron chi connectivity index (χ1n) is 9.99. The molecular formula is C20H33Cl2NO2Si. The quantitative estimate of drug-likeness (QED) is 0.377. The van der Waals surface area contributed by atoms with E-state index in [-0.39, 0.29) is 11.7 Å². The fourth-order valence-corrected chi connectivity index (χ4v) is 7.44. The van der Waals surface area contributed by atoms with Gasteiger partial charge in [-0.25, -0.2) is 0 Å². The summed E-state index contributed by atoms with van der Waals surface area (Å²) in [4.78, 5) is 4.11. The van der Waals surface area contributed by atoms with Crippen LogP contribution in [0.2, 0.25) is 28.2 Å². The topological polar surface area (TPSA) is 31.4 Å². The number of hydrogen-bond donors (Lipinski definition) is 0. The molecule has 0 amide bonds. The van der Waals surface area contributed by atoms with Crippen molar-refractivity contribution in [1.29, 1.82) is 0 Å². The highest BCUT2D eigenvalue weighted by molar-refractivity contribution is 6.73. The second-order valence-electron chi connectivity index (χ2n) is 7.66. The van der Waals surface area contributed by atoms with Gasteiger partial charge in [-0.3, -0.25) is 4.98 Å². The van der Waals surface area contributed by atoms with E-state index >= 15 is 0 Å². The third kappa shape index (κ3) is 5.45. The predicted octanol–water partition coefficient (Wildman–Crippen LogP) is 7.19. The van der Waals surface area contributed by atoms with Crippen molar-refractivity contribution in [3.05, 3.63) is 28.0 Å². The molecule has 1 saturated heterocycles. The summed E-state index contributed by atoms with van der Waals surface area (Å²) in [6.45, 7) is 9.86. The molecule has 1 fully saturated rings. The first-order chi connectivity index (χ1) is 12.4. The second-order valence-corrected chi connectivity index (χ2v) is 13.2. The molecule has 0 spiro atoms. The predicted molar refractivity (Wildman–Crippen MR) is 113 cm³/mol. The van der Waals surface area contributed by atoms with Crippen molar-refractivity contribution < 1.29 is 9.16 Å². The Labute approximate surface area is 169 Å². The van der Waals surface area contributed by atoms with Gasteiger partial charge in [0.1, 0.15) is 0 Å². The molecule has 2 atom stereocenters. The first-order valence-corrected chi connectivity index (χ1v) is 13.3. The summed E-state index contributed by atoms with van der Waals surface area (Å²) in [6.07, 6.45) is 8.60. The van der Waals surface area contributed by atoms with E-state index in [1.165, 1.54) is 0 Å². The molecule has 0 saturated carbocycles. The average molecular weight is 418 g/mol. The average Bonchev–Trinajstić information content (AvgIpc) is 3.06. The zero-order valence-corrected chi connectivity index (χ0v) is 19.1. The normalized spacial score (nSPS) is 21.9. The smallest absolute Gasteiger partial charge is 0.192 e. The Hall–Kier alpha value is -0.133. The number of ether oxygens (including phenoxy) is 1. The molecule has 2 rings (SSSR count). The summed E-state index contributed by atoms with van der Waals surface area (Å²) in [7, 11) is -1.78. The largest absolute Gasteiger partial charge is 0.410 e. The third-order valence-corrected chi connectivity index (χ3v) is 11.3. The standard InChI is InChI=1S/C20H33Cl2NO2Si/c1-5-26(6-2,7-3)25-18(19-16(21)14-23-15-17(19)22)10-8-11-20(4)12-9-13-24-20/h14-15,18H,5-13H2,1-4H3/t18?,20-/m1/s1. The van der Waals surface area contributed by atoms with Crippen LogP contribution in [0.15, 0.2) is 12.4 Å². The van der Waals surface area contributed by atoms with Gasteiger partial charge in [0, 0.05) is 24.6 Å². The molecule has 6 heteroatoms. The van der Waals surface area contributed by atoms with Crippen molar-refractivity contribution in [1.82, 2.24) is 4.98 Å². The number of rotatable bonds is 10. The lowest BCUT2D eigenvalue weighted by molar-refractivity contribution is 0.00899. The Morgan fingerprint density at radius 2 is 1.81 bits per heavy atom. The van der Waals surface area contributed by atoms with Gasteiger partial charge >= 0.3 is 0 Å². The van der Waals surface area contributed by atoms with Gasteiger partial charge in [0.05, 0.1) is 21.8 Å². The van der Waals surface area contributed by atoms with Gasteiger partial charge in [0.15, 0.2) is 8.32 Å². The molecule has 1 aliphatic heterocycles. The molecular weight excluding hydrogens is 385 g/mol. The number of hydrogen-bond acceptors (Lipinski definition) is 3. The van der Waals surface area contributed by atoms with Crippen molar-refractivity contribution in [3.8, 4) is 0 Å². The van der Waals surface area contributed by atoms with Gasteiger partial charge in [-0.1, -0.05) is 44.0 Å². The highest BCUT2D eigenvalue weighted by atomic mass is 35.5. The minimum Gasteiger partial charge on any atom is -0.410 e. The Bertz CT molecular complexity index is 546. The highest BCUT2D eigenvalue weighted by Gasteiger charge is 2.35. The maximum Gasteiger partial charge on any atom is 0.192 e. The van der Waals surface area contributed by atoms with E-state index in [1.54, 1.807) is 12.4 Å². The van der Waals surface area contributed by atoms with Crippen LogP contribution in [-0.4, -0.2) is 25.5 Å². The van der Waals surface area contributed by atoms with Crippen LogP contribution in [0.5, 0.6) is 0 Å². The molecule has 0 aliphatic carbocycles. The monoisotopic (exact) mass is 417 g/mol. The maximum absolute atomic E-state index is 6.83. The SMILES string of the molecule is CC[Si](CC)(CC)OC(CCC[C@]1(C)CCCO1)c1c(Cl)cncc1Cl. The van der Waals surface area contributed by atoms with Gasteiger partial charge in [-0.05, 0) is 57.2 Å². The van der Waals surface area contributed by atoms with Crippen molar-refractivity contribution in [2.45, 2.75) is 89.6 Å². The fourth-order valence-electron chi connectivity index (χ4n) is 3.99. The Balaban J connectivity index is 2.18. The van der Waals surface area contributed by atoms with E-state index in [2.05, 4.69) is 32.7 Å². The third-order valence-electron chi connectivity index (χ3n) is 6.01. The van der Waals surface area contributed by atoms with Gasteiger partial charge in [-0.2, -0.15) is 0 Å². The highest BCUT2D eigenvalue weighted by Crippen LogP contribution is 2.40. The summed E-state index contributed by atoms with van der Waals surface area (Å²) < 4.78 is 12.8. The van der Waals surface area contributed by atoms with E-state index in [4.69, 9.17) is 32.4 Å². The first kappa shape index (κ1) is 22.2. The molecule has 1 aromatic heterocycles. The van der Waals surface area contributed by atoms with Crippen LogP contribution in [0.1, 0.15) is 71.5 Å². The molecule has 0 radical (unpaired) electrons. The number of pyridine rings is 1. The molecule has 0 bridgehead atoms. The van der Waals surface area contributed by atoms with Crippen LogP contribution in [0.25, 0.3) is 0 Å². The van der Waals surface area contributed by atoms with E-state index < -0.39 is 8.32 Å². The molecule has 1 aromatic rings. The van der Waals surface area contributed by atoms with Gasteiger partial charge in [0.25, 0.3) is 0 Å². The van der Waals surface area contributed by atoms with Crippen LogP contribution in [0, 0.1) is 0 Å². The molecule has 0 N–H and O–H groups in total. The molecule has 148 valence electrons. The lowest BCUT2D eigenvalue weighted by Gasteiger charge is -2.34. The fraction of sp³-hybridized carbons (Fsp3) is 0.750. The zero-order valence-electron chi connectivity index (χ0n) is 16.6. The van der Waals surface area contributed by atoms with Crippen molar-refractivity contribution in [2.75, 3.05) is 6.61 Å². The van der Waals surface area contributed by atoms with Crippen LogP contribution in [0.4, 0.5) is 0 Å². The van der Waals surface area contributed by atoms with Gasteiger partial charge < -0.3 is 9.16 Å². The van der Waals surface area contributed by atoms with Gasteiger partial charge in [0.2, 0.25) is 0 Å². The van der Waals surface area contributed by atoms with Crippen LogP contribution in [0.3, 0.4) is 0 Å². The van der Waals surface area contributed by atoms with E-state index in [0.29, 0.717) is 10.0 Å². The second kappa shape index (κ2) is 9.88. The molecule has 26 heavy (non-hydrogen) atoms. The van der Waals surface area contributed by atoms with Crippen molar-refractivity contribution in [2.24, 2.45) is 0 Å². The summed E-state index contributed by atoms with van der Waals surface area (Å²) >= 11 is 13.0. The van der Waals surface area contributed by atoms with E-state index in [0.717, 1.165) is 62.4 Å². The lowest BCUT2D eigenvalue weighted by atomic mass is 9.94.